The summed E-state index contributed by atoms with van der Waals surface area (Å²) in [6.07, 6.45) is 1.99. The highest BCUT2D eigenvalue weighted by Gasteiger charge is 2.05. The number of nitrogens with one attached hydrogen (secondary N) is 2. The molecule has 0 fully saturated rings. The van der Waals surface area contributed by atoms with Gasteiger partial charge in [-0.2, -0.15) is 8.42 Å². The molecule has 0 unspecified atom stereocenters. The highest BCUT2D eigenvalue weighted by Crippen LogP contribution is 2.22. The molecule has 0 aromatic heterocycles. The summed E-state index contributed by atoms with van der Waals surface area (Å²) in [6.45, 7) is 3.78. The molecule has 0 atom stereocenters. The van der Waals surface area contributed by atoms with E-state index in [1.807, 2.05) is 21.0 Å². The smallest absolute Gasteiger partial charge is 0.306 e. The largest absolute Gasteiger partial charge is 0.383 e. The van der Waals surface area contributed by atoms with Gasteiger partial charge in [-0.3, -0.25) is 9.59 Å². The van der Waals surface area contributed by atoms with Crippen LogP contribution in [0.25, 0.3) is 0 Å². The molecule has 0 bridgehead atoms. The maximum absolute atomic E-state index is 11.0. The third-order valence-electron chi connectivity index (χ3n) is 2.81. The van der Waals surface area contributed by atoms with Crippen molar-refractivity contribution in [1.82, 2.24) is 15.5 Å². The maximum atomic E-state index is 11.0. The number of carbonyl (C=O) groups excluding carboxylic acids is 2. The lowest BCUT2D eigenvalue weighted by molar-refractivity contribution is 0.260. The van der Waals surface area contributed by atoms with Crippen LogP contribution in [-0.4, -0.2) is 70.0 Å². The van der Waals surface area contributed by atoms with Gasteiger partial charge in [0.25, 0.3) is 10.5 Å². The highest BCUT2D eigenvalue weighted by molar-refractivity contribution is 8.13. The van der Waals surface area contributed by atoms with Gasteiger partial charge in [0.1, 0.15) is 5.75 Å². The quantitative estimate of drug-likeness (QED) is 0.353. The molecule has 0 saturated carbocycles. The Labute approximate surface area is 176 Å². The number of thioether (sulfide) groups is 2. The van der Waals surface area contributed by atoms with Gasteiger partial charge < -0.3 is 19.7 Å². The molecule has 0 radical (unpaired) electrons. The Kier molecular flexibility index (Phi) is 13.8. The number of amides is 2. The molecule has 0 aliphatic heterocycles. The van der Waals surface area contributed by atoms with Crippen molar-refractivity contribution in [1.29, 1.82) is 0 Å². The van der Waals surface area contributed by atoms with Crippen molar-refractivity contribution in [2.45, 2.75) is 18.2 Å². The Morgan fingerprint density at radius 2 is 1.75 bits per heavy atom. The summed E-state index contributed by atoms with van der Waals surface area (Å²) >= 11 is 2.34. The number of benzene rings is 1. The number of rotatable bonds is 8. The number of hydrogen-bond acceptors (Lipinski definition) is 8. The normalized spacial score (nSPS) is 10.6. The molecular weight excluding hydrogens is 422 g/mol. The monoisotopic (exact) mass is 451 g/mol. The molecule has 8 nitrogen and oxygen atoms in total. The third kappa shape index (κ3) is 15.6. The zero-order valence-electron chi connectivity index (χ0n) is 16.9. The minimum atomic E-state index is -3.50. The van der Waals surface area contributed by atoms with Crippen LogP contribution < -0.4 is 14.8 Å². The molecule has 0 spiro atoms. The van der Waals surface area contributed by atoms with Gasteiger partial charge in [0.2, 0.25) is 0 Å². The first-order valence-corrected chi connectivity index (χ1v) is 12.1. The van der Waals surface area contributed by atoms with Gasteiger partial charge in [-0.05, 0) is 68.8 Å². The minimum Gasteiger partial charge on any atom is -0.383 e. The van der Waals surface area contributed by atoms with Crippen molar-refractivity contribution < 1.29 is 22.2 Å². The van der Waals surface area contributed by atoms with Crippen molar-refractivity contribution >= 4 is 44.1 Å². The molecule has 1 rings (SSSR count). The molecule has 2 N–H and O–H groups in total. The van der Waals surface area contributed by atoms with E-state index in [0.717, 1.165) is 43.3 Å². The lowest BCUT2D eigenvalue weighted by Crippen LogP contribution is -2.24. The van der Waals surface area contributed by atoms with Gasteiger partial charge in [0.15, 0.2) is 0 Å². The molecule has 0 aliphatic carbocycles. The fraction of sp³-hybridized carbons (Fsp3) is 0.529. The Hall–Kier alpha value is -1.43. The van der Waals surface area contributed by atoms with Crippen molar-refractivity contribution in [3.8, 4) is 5.75 Å². The first-order valence-electron chi connectivity index (χ1n) is 8.51. The van der Waals surface area contributed by atoms with Gasteiger partial charge in [-0.15, -0.1) is 0 Å². The van der Waals surface area contributed by atoms with Crippen LogP contribution in [0.5, 0.6) is 5.75 Å². The molecular formula is C17H29N3O5S3. The van der Waals surface area contributed by atoms with Gasteiger partial charge in [-0.25, -0.2) is 0 Å². The van der Waals surface area contributed by atoms with Crippen LogP contribution in [-0.2, 0) is 10.1 Å². The summed E-state index contributed by atoms with van der Waals surface area (Å²) in [5.41, 5.74) is 0. The lowest BCUT2D eigenvalue weighted by atomic mass is 10.3. The molecule has 0 aliphatic rings. The van der Waals surface area contributed by atoms with Crippen molar-refractivity contribution in [3.05, 3.63) is 24.3 Å². The third-order valence-corrected chi connectivity index (χ3v) is 4.90. The van der Waals surface area contributed by atoms with Gasteiger partial charge >= 0.3 is 10.1 Å². The predicted octanol–water partition coefficient (Wildman–Crippen LogP) is 2.86. The summed E-state index contributed by atoms with van der Waals surface area (Å²) < 4.78 is 26.3. The van der Waals surface area contributed by atoms with Crippen LogP contribution >= 0.6 is 23.5 Å². The van der Waals surface area contributed by atoms with Crippen molar-refractivity contribution in [2.24, 2.45) is 0 Å². The number of carbonyl (C=O) groups is 2. The summed E-state index contributed by atoms with van der Waals surface area (Å²) in [7, 11) is 2.10. The zero-order valence-corrected chi connectivity index (χ0v) is 19.3. The SMILES string of the molecule is CCSC(=O)NCCCN(C)C.CNC(=O)Sc1ccc(OS(C)(=O)=O)cc1. The van der Waals surface area contributed by atoms with E-state index in [0.29, 0.717) is 4.90 Å². The van der Waals surface area contributed by atoms with Crippen molar-refractivity contribution in [2.75, 3.05) is 46.2 Å². The van der Waals surface area contributed by atoms with E-state index >= 15 is 0 Å². The predicted molar refractivity (Wildman–Crippen MR) is 117 cm³/mol. The molecule has 160 valence electrons. The molecule has 28 heavy (non-hydrogen) atoms. The molecule has 1 aromatic carbocycles. The summed E-state index contributed by atoms with van der Waals surface area (Å²) in [5, 5.41) is 5.21. The van der Waals surface area contributed by atoms with E-state index in [4.69, 9.17) is 0 Å². The van der Waals surface area contributed by atoms with Gasteiger partial charge in [0, 0.05) is 18.5 Å². The Morgan fingerprint density at radius 3 is 2.21 bits per heavy atom. The molecule has 11 heteroatoms. The first-order chi connectivity index (χ1) is 13.1. The van der Waals surface area contributed by atoms with Crippen LogP contribution in [0.4, 0.5) is 9.59 Å². The second kappa shape index (κ2) is 14.6. The summed E-state index contributed by atoms with van der Waals surface area (Å²) in [4.78, 5) is 24.8. The van der Waals surface area contributed by atoms with E-state index in [2.05, 4.69) is 19.7 Å². The Morgan fingerprint density at radius 1 is 1.14 bits per heavy atom. The standard InChI is InChI=1S/C9H11NO4S2.C8H18N2OS/c1-10-9(11)15-8-5-3-7(4-6-8)14-16(2,12)13;1-4-12-8(11)9-6-5-7-10(2)3/h3-6H,1-2H3,(H,10,11);4-7H2,1-3H3,(H,9,11). The van der Waals surface area contributed by atoms with Crippen LogP contribution in [0, 0.1) is 0 Å². The lowest BCUT2D eigenvalue weighted by Gasteiger charge is -2.09. The van der Waals surface area contributed by atoms with Crippen LogP contribution in [0.1, 0.15) is 13.3 Å². The average Bonchev–Trinajstić information content (AvgIpc) is 2.60. The van der Waals surface area contributed by atoms with Crippen LogP contribution in [0.15, 0.2) is 29.2 Å². The highest BCUT2D eigenvalue weighted by atomic mass is 32.2. The van der Waals surface area contributed by atoms with Crippen LogP contribution in [0.2, 0.25) is 0 Å². The fourth-order valence-corrected chi connectivity index (χ4v) is 3.18. The molecule has 2 amide bonds. The van der Waals surface area contributed by atoms with Crippen molar-refractivity contribution in [3.63, 3.8) is 0 Å². The second-order valence-corrected chi connectivity index (χ2v) is 9.56. The topological polar surface area (TPSA) is 105 Å². The van der Waals surface area contributed by atoms with Crippen LogP contribution in [0.3, 0.4) is 0 Å². The van der Waals surface area contributed by atoms with Gasteiger partial charge in [-0.1, -0.05) is 18.7 Å². The molecule has 1 aromatic rings. The summed E-state index contributed by atoms with van der Waals surface area (Å²) in [5.74, 6) is 1.07. The maximum Gasteiger partial charge on any atom is 0.306 e. The molecule has 0 heterocycles. The van der Waals surface area contributed by atoms with E-state index in [1.165, 1.54) is 30.9 Å². The second-order valence-electron chi connectivity index (χ2n) is 5.70. The van der Waals surface area contributed by atoms with E-state index in [1.54, 1.807) is 12.1 Å². The molecule has 0 saturated heterocycles. The zero-order chi connectivity index (χ0) is 21.6. The average molecular weight is 452 g/mol. The van der Waals surface area contributed by atoms with E-state index < -0.39 is 10.1 Å². The Bertz CT molecular complexity index is 694. The van der Waals surface area contributed by atoms with Gasteiger partial charge in [0.05, 0.1) is 6.26 Å². The fourth-order valence-electron chi connectivity index (χ4n) is 1.66. The number of nitrogens with zero attached hydrogens (tertiary/aromatic N) is 1. The van der Waals surface area contributed by atoms with E-state index in [9.17, 15) is 18.0 Å². The Balaban J connectivity index is 0.000000546. The number of hydrogen-bond donors (Lipinski definition) is 2. The van der Waals surface area contributed by atoms with E-state index in [-0.39, 0.29) is 16.2 Å². The first kappa shape index (κ1) is 26.6. The minimum absolute atomic E-state index is 0.0938. The summed E-state index contributed by atoms with van der Waals surface area (Å²) in [6, 6.07) is 6.21.